The maximum Gasteiger partial charge on any atom is 0.326 e. The van der Waals surface area contributed by atoms with Crippen molar-refractivity contribution in [3.63, 3.8) is 0 Å². The van der Waals surface area contributed by atoms with Crippen molar-refractivity contribution >= 4 is 41.4 Å². The second-order valence-corrected chi connectivity index (χ2v) is 7.84. The van der Waals surface area contributed by atoms with Gasteiger partial charge in [-0.3, -0.25) is 19.2 Å². The summed E-state index contributed by atoms with van der Waals surface area (Å²) in [4.78, 5) is 59.3. The quantitative estimate of drug-likeness (QED) is 0.151. The van der Waals surface area contributed by atoms with Crippen LogP contribution in [-0.2, 0) is 24.0 Å². The molecule has 13 heteroatoms. The number of amides is 3. The number of carboxylic acids is 2. The third kappa shape index (κ3) is 9.89. The minimum atomic E-state index is -1.55. The van der Waals surface area contributed by atoms with E-state index in [1.54, 1.807) is 20.1 Å². The van der Waals surface area contributed by atoms with Crippen LogP contribution in [0.5, 0.6) is 0 Å². The van der Waals surface area contributed by atoms with Crippen molar-refractivity contribution in [1.82, 2.24) is 16.0 Å². The number of aliphatic carboxylic acids is 2. The molecule has 0 spiro atoms. The fourth-order valence-corrected chi connectivity index (χ4v) is 2.76. The molecule has 0 saturated carbocycles. The molecule has 12 nitrogen and oxygen atoms in total. The molecule has 0 aromatic heterocycles. The van der Waals surface area contributed by atoms with E-state index in [1.807, 2.05) is 0 Å². The van der Waals surface area contributed by atoms with Gasteiger partial charge in [0, 0.05) is 0 Å². The summed E-state index contributed by atoms with van der Waals surface area (Å²) in [6.45, 7) is 2.50. The lowest BCUT2D eigenvalue weighted by molar-refractivity contribution is -0.143. The first kappa shape index (κ1) is 27.6. The van der Waals surface area contributed by atoms with E-state index in [1.165, 1.54) is 11.8 Å². The predicted molar refractivity (Wildman–Crippen MR) is 109 cm³/mol. The molecule has 0 aromatic rings. The van der Waals surface area contributed by atoms with Gasteiger partial charge in [-0.25, -0.2) is 4.79 Å². The van der Waals surface area contributed by atoms with Crippen molar-refractivity contribution in [1.29, 1.82) is 0 Å². The van der Waals surface area contributed by atoms with Crippen LogP contribution in [0.15, 0.2) is 0 Å². The first-order chi connectivity index (χ1) is 13.9. The van der Waals surface area contributed by atoms with Crippen LogP contribution in [0.25, 0.3) is 0 Å². The van der Waals surface area contributed by atoms with Crippen LogP contribution in [0.3, 0.4) is 0 Å². The summed E-state index contributed by atoms with van der Waals surface area (Å²) in [5.41, 5.74) is 5.35. The lowest BCUT2D eigenvalue weighted by Gasteiger charge is -2.26. The van der Waals surface area contributed by atoms with Crippen molar-refractivity contribution < 1.29 is 39.3 Å². The zero-order valence-corrected chi connectivity index (χ0v) is 17.9. The monoisotopic (exact) mass is 450 g/mol. The summed E-state index contributed by atoms with van der Waals surface area (Å²) in [6.07, 6.45) is 1.18. The zero-order chi connectivity index (χ0) is 23.4. The second kappa shape index (κ2) is 13.8. The Kier molecular flexibility index (Phi) is 12.7. The summed E-state index contributed by atoms with van der Waals surface area (Å²) >= 11 is 1.41. The molecule has 0 fully saturated rings. The Labute approximate surface area is 178 Å². The molecule has 172 valence electrons. The maximum absolute atomic E-state index is 12.6. The van der Waals surface area contributed by atoms with Crippen molar-refractivity contribution in [2.75, 3.05) is 18.6 Å². The van der Waals surface area contributed by atoms with Crippen LogP contribution in [0.4, 0.5) is 0 Å². The average molecular weight is 451 g/mol. The van der Waals surface area contributed by atoms with Gasteiger partial charge >= 0.3 is 11.9 Å². The minimum Gasteiger partial charge on any atom is -0.481 e. The number of carboxylic acid groups (broad SMARTS) is 2. The number of carbonyl (C=O) groups is 5. The van der Waals surface area contributed by atoms with Gasteiger partial charge in [-0.05, 0) is 24.3 Å². The van der Waals surface area contributed by atoms with Crippen molar-refractivity contribution in [2.24, 2.45) is 11.7 Å². The van der Waals surface area contributed by atoms with Crippen molar-refractivity contribution in [2.45, 2.75) is 50.9 Å². The molecule has 3 amide bonds. The Morgan fingerprint density at radius 3 is 1.93 bits per heavy atom. The van der Waals surface area contributed by atoms with Crippen LogP contribution >= 0.6 is 11.8 Å². The number of thioether (sulfide) groups is 1. The molecular weight excluding hydrogens is 420 g/mol. The number of aliphatic hydroxyl groups is 1. The third-order valence-electron chi connectivity index (χ3n) is 4.02. The van der Waals surface area contributed by atoms with E-state index in [9.17, 15) is 29.1 Å². The second-order valence-electron chi connectivity index (χ2n) is 6.86. The van der Waals surface area contributed by atoms with Gasteiger partial charge in [0.15, 0.2) is 0 Å². The standard InChI is InChI=1S/C17H30N4O8S/c1-8(2)13(16(27)19-10(17(28)29)4-5-30-3)21-15(26)11(6-12(23)24)20-14(25)9(18)7-22/h8-11,13,22H,4-7,18H2,1-3H3,(H,19,27)(H,20,25)(H,21,26)(H,23,24)(H,28,29). The van der Waals surface area contributed by atoms with Gasteiger partial charge < -0.3 is 37.0 Å². The molecule has 0 aromatic carbocycles. The Balaban J connectivity index is 5.35. The Morgan fingerprint density at radius 2 is 1.50 bits per heavy atom. The first-order valence-electron chi connectivity index (χ1n) is 9.15. The van der Waals surface area contributed by atoms with E-state index in [4.69, 9.17) is 15.9 Å². The van der Waals surface area contributed by atoms with Gasteiger partial charge in [-0.1, -0.05) is 13.8 Å². The number of nitrogens with one attached hydrogen (secondary N) is 3. The molecular formula is C17H30N4O8S. The normalized spacial score (nSPS) is 14.9. The highest BCUT2D eigenvalue weighted by molar-refractivity contribution is 7.98. The van der Waals surface area contributed by atoms with E-state index < -0.39 is 72.8 Å². The Hall–Kier alpha value is -2.38. The third-order valence-corrected chi connectivity index (χ3v) is 4.66. The fraction of sp³-hybridized carbons (Fsp3) is 0.706. The van der Waals surface area contributed by atoms with E-state index in [2.05, 4.69) is 16.0 Å². The molecule has 0 rings (SSSR count). The molecule has 0 aliphatic heterocycles. The highest BCUT2D eigenvalue weighted by Crippen LogP contribution is 2.07. The van der Waals surface area contributed by atoms with Gasteiger partial charge in [0.25, 0.3) is 0 Å². The van der Waals surface area contributed by atoms with Crippen LogP contribution in [0, 0.1) is 5.92 Å². The summed E-state index contributed by atoms with van der Waals surface area (Å²) in [7, 11) is 0. The molecule has 30 heavy (non-hydrogen) atoms. The predicted octanol–water partition coefficient (Wildman–Crippen LogP) is -2.27. The number of aliphatic hydroxyl groups excluding tert-OH is 1. The molecule has 0 radical (unpaired) electrons. The SMILES string of the molecule is CSCCC(NC(=O)C(NC(=O)C(CC(=O)O)NC(=O)C(N)CO)C(C)C)C(=O)O. The highest BCUT2D eigenvalue weighted by atomic mass is 32.2. The van der Waals surface area contributed by atoms with Gasteiger partial charge in [-0.15, -0.1) is 0 Å². The average Bonchev–Trinajstić information content (AvgIpc) is 2.66. The summed E-state index contributed by atoms with van der Waals surface area (Å²) in [5, 5.41) is 34.0. The lowest BCUT2D eigenvalue weighted by Crippen LogP contribution is -2.59. The molecule has 8 N–H and O–H groups in total. The van der Waals surface area contributed by atoms with Crippen molar-refractivity contribution in [3.05, 3.63) is 0 Å². The first-order valence-corrected chi connectivity index (χ1v) is 10.5. The van der Waals surface area contributed by atoms with E-state index in [0.29, 0.717) is 5.75 Å². The number of nitrogens with two attached hydrogens (primary N) is 1. The molecule has 0 aliphatic rings. The van der Waals surface area contributed by atoms with Gasteiger partial charge in [0.1, 0.15) is 24.2 Å². The number of carbonyl (C=O) groups excluding carboxylic acids is 3. The van der Waals surface area contributed by atoms with Crippen LogP contribution < -0.4 is 21.7 Å². The van der Waals surface area contributed by atoms with Gasteiger partial charge in [0.05, 0.1) is 13.0 Å². The molecule has 4 unspecified atom stereocenters. The molecule has 4 atom stereocenters. The smallest absolute Gasteiger partial charge is 0.326 e. The number of hydrogen-bond donors (Lipinski definition) is 7. The fourth-order valence-electron chi connectivity index (χ4n) is 2.29. The van der Waals surface area contributed by atoms with E-state index in [0.717, 1.165) is 0 Å². The number of rotatable bonds is 14. The summed E-state index contributed by atoms with van der Waals surface area (Å²) in [6, 6.07) is -5.23. The molecule has 0 bridgehead atoms. The number of hydrogen-bond acceptors (Lipinski definition) is 8. The van der Waals surface area contributed by atoms with Crippen LogP contribution in [0.2, 0.25) is 0 Å². The van der Waals surface area contributed by atoms with Crippen LogP contribution in [-0.4, -0.2) is 87.8 Å². The largest absolute Gasteiger partial charge is 0.481 e. The zero-order valence-electron chi connectivity index (χ0n) is 17.1. The minimum absolute atomic E-state index is 0.178. The highest BCUT2D eigenvalue weighted by Gasteiger charge is 2.32. The molecule has 0 heterocycles. The van der Waals surface area contributed by atoms with E-state index >= 15 is 0 Å². The summed E-state index contributed by atoms with van der Waals surface area (Å²) < 4.78 is 0. The summed E-state index contributed by atoms with van der Waals surface area (Å²) in [5.74, 6) is -5.23. The van der Waals surface area contributed by atoms with Gasteiger partial charge in [0.2, 0.25) is 17.7 Å². The Morgan fingerprint density at radius 1 is 0.933 bits per heavy atom. The van der Waals surface area contributed by atoms with Crippen molar-refractivity contribution in [3.8, 4) is 0 Å². The van der Waals surface area contributed by atoms with Gasteiger partial charge in [-0.2, -0.15) is 11.8 Å². The Bertz CT molecular complexity index is 631. The molecule has 0 aliphatic carbocycles. The molecule has 0 saturated heterocycles. The topological polar surface area (TPSA) is 208 Å². The maximum atomic E-state index is 12.6. The lowest BCUT2D eigenvalue weighted by atomic mass is 10.0. The van der Waals surface area contributed by atoms with Crippen LogP contribution in [0.1, 0.15) is 26.7 Å². The van der Waals surface area contributed by atoms with E-state index in [-0.39, 0.29) is 6.42 Å².